The zero-order valence-electron chi connectivity index (χ0n) is 18.5. The minimum absolute atomic E-state index is 0.237. The Morgan fingerprint density at radius 1 is 0.879 bits per heavy atom. The summed E-state index contributed by atoms with van der Waals surface area (Å²) in [5, 5.41) is 4.48. The Morgan fingerprint density at radius 2 is 1.61 bits per heavy atom. The molecule has 0 atom stereocenters. The van der Waals surface area contributed by atoms with Crippen LogP contribution in [0.4, 0.5) is 21.8 Å². The highest BCUT2D eigenvalue weighted by Crippen LogP contribution is 2.28. The van der Waals surface area contributed by atoms with Gasteiger partial charge in [0.05, 0.1) is 18.3 Å². The molecule has 6 nitrogen and oxygen atoms in total. The zero-order chi connectivity index (χ0) is 22.6. The largest absolute Gasteiger partial charge is 0.497 e. The number of ether oxygens (including phenoxy) is 1. The van der Waals surface area contributed by atoms with Crippen molar-refractivity contribution in [2.75, 3.05) is 48.4 Å². The molecule has 3 aromatic carbocycles. The van der Waals surface area contributed by atoms with Crippen LogP contribution in [0, 0.1) is 5.82 Å². The van der Waals surface area contributed by atoms with E-state index in [1.807, 2.05) is 47.4 Å². The van der Waals surface area contributed by atoms with Crippen LogP contribution in [0.1, 0.15) is 5.56 Å². The van der Waals surface area contributed by atoms with Gasteiger partial charge in [0.2, 0.25) is 5.95 Å². The van der Waals surface area contributed by atoms with Crippen LogP contribution in [-0.2, 0) is 6.54 Å². The first kappa shape index (κ1) is 21.0. The van der Waals surface area contributed by atoms with Crippen molar-refractivity contribution in [1.82, 2.24) is 9.97 Å². The molecule has 0 saturated carbocycles. The van der Waals surface area contributed by atoms with Crippen LogP contribution in [0.5, 0.6) is 5.75 Å². The van der Waals surface area contributed by atoms with Crippen molar-refractivity contribution >= 4 is 28.4 Å². The van der Waals surface area contributed by atoms with Crippen LogP contribution in [0.3, 0.4) is 0 Å². The molecule has 0 aliphatic carbocycles. The Labute approximate surface area is 192 Å². The van der Waals surface area contributed by atoms with E-state index in [1.54, 1.807) is 19.2 Å². The summed E-state index contributed by atoms with van der Waals surface area (Å²) in [6, 6.07) is 23.1. The number of benzene rings is 3. The Balaban J connectivity index is 1.36. The molecule has 33 heavy (non-hydrogen) atoms. The molecule has 1 aliphatic heterocycles. The first-order valence-corrected chi connectivity index (χ1v) is 11.1. The number of fused-ring (bicyclic) bond motifs is 1. The normalized spacial score (nSPS) is 13.9. The minimum atomic E-state index is -0.237. The Bertz CT molecular complexity index is 1240. The predicted octanol–water partition coefficient (Wildman–Crippen LogP) is 4.72. The second kappa shape index (κ2) is 9.32. The van der Waals surface area contributed by atoms with Gasteiger partial charge in [-0.05, 0) is 29.8 Å². The van der Waals surface area contributed by atoms with Crippen LogP contribution >= 0.6 is 0 Å². The summed E-state index contributed by atoms with van der Waals surface area (Å²) in [5.74, 6) is 1.93. The monoisotopic (exact) mass is 443 g/mol. The molecule has 1 fully saturated rings. The first-order chi connectivity index (χ1) is 16.2. The first-order valence-electron chi connectivity index (χ1n) is 11.1. The third-order valence-electron chi connectivity index (χ3n) is 5.95. The van der Waals surface area contributed by atoms with E-state index in [0.717, 1.165) is 16.7 Å². The summed E-state index contributed by atoms with van der Waals surface area (Å²) in [7, 11) is 1.59. The number of nitrogens with zero attached hydrogens (tertiary/aromatic N) is 4. The number of hydrogen-bond donors (Lipinski definition) is 1. The summed E-state index contributed by atoms with van der Waals surface area (Å²) >= 11 is 0. The van der Waals surface area contributed by atoms with Crippen molar-refractivity contribution in [1.29, 1.82) is 0 Å². The van der Waals surface area contributed by atoms with Crippen LogP contribution < -0.4 is 19.9 Å². The molecule has 5 rings (SSSR count). The van der Waals surface area contributed by atoms with E-state index in [4.69, 9.17) is 14.7 Å². The second-order valence-corrected chi connectivity index (χ2v) is 8.02. The van der Waals surface area contributed by atoms with E-state index < -0.39 is 0 Å². The van der Waals surface area contributed by atoms with Crippen molar-refractivity contribution in [3.05, 3.63) is 84.2 Å². The predicted molar refractivity (Wildman–Crippen MR) is 131 cm³/mol. The number of rotatable bonds is 6. The van der Waals surface area contributed by atoms with E-state index in [9.17, 15) is 4.39 Å². The molecule has 4 aromatic rings. The maximum Gasteiger partial charge on any atom is 0.228 e. The van der Waals surface area contributed by atoms with Gasteiger partial charge in [0.1, 0.15) is 17.4 Å². The van der Waals surface area contributed by atoms with Crippen LogP contribution in [0.25, 0.3) is 10.9 Å². The molecule has 0 radical (unpaired) electrons. The van der Waals surface area contributed by atoms with Gasteiger partial charge in [-0.25, -0.2) is 9.37 Å². The summed E-state index contributed by atoms with van der Waals surface area (Å²) in [5.41, 5.74) is 2.66. The number of halogens is 1. The molecule has 0 spiro atoms. The van der Waals surface area contributed by atoms with E-state index in [1.165, 1.54) is 11.6 Å². The van der Waals surface area contributed by atoms with E-state index in [-0.39, 0.29) is 5.82 Å². The SMILES string of the molecule is COc1ccc(F)c(N2CCN(c3nc(NCc4ccccc4)c4ccccc4n3)CC2)c1. The number of aromatic nitrogens is 2. The number of para-hydroxylation sites is 1. The molecule has 1 aromatic heterocycles. The van der Waals surface area contributed by atoms with Gasteiger partial charge in [-0.3, -0.25) is 0 Å². The van der Waals surface area contributed by atoms with E-state index in [2.05, 4.69) is 22.3 Å². The molecule has 0 unspecified atom stereocenters. The van der Waals surface area contributed by atoms with Crippen molar-refractivity contribution in [3.63, 3.8) is 0 Å². The third-order valence-corrected chi connectivity index (χ3v) is 5.95. The molecular formula is C26H26FN5O. The average Bonchev–Trinajstić information content (AvgIpc) is 2.88. The summed E-state index contributed by atoms with van der Waals surface area (Å²) in [4.78, 5) is 13.9. The summed E-state index contributed by atoms with van der Waals surface area (Å²) in [6.45, 7) is 3.44. The van der Waals surface area contributed by atoms with Gasteiger partial charge >= 0.3 is 0 Å². The summed E-state index contributed by atoms with van der Waals surface area (Å²) in [6.07, 6.45) is 0. The lowest BCUT2D eigenvalue weighted by atomic mass is 10.2. The smallest absolute Gasteiger partial charge is 0.228 e. The molecule has 1 aliphatic rings. The maximum absolute atomic E-state index is 14.4. The minimum Gasteiger partial charge on any atom is -0.497 e. The van der Waals surface area contributed by atoms with Gasteiger partial charge in [-0.1, -0.05) is 42.5 Å². The standard InChI is InChI=1S/C26H26FN5O/c1-33-20-11-12-22(27)24(17-20)31-13-15-32(16-14-31)26-29-23-10-6-5-9-21(23)25(30-26)28-18-19-7-3-2-4-8-19/h2-12,17H,13-16,18H2,1H3,(H,28,29,30). The van der Waals surface area contributed by atoms with Gasteiger partial charge in [0, 0.05) is 44.2 Å². The topological polar surface area (TPSA) is 53.5 Å². The van der Waals surface area contributed by atoms with Crippen molar-refractivity contribution in [2.45, 2.75) is 6.54 Å². The van der Waals surface area contributed by atoms with Gasteiger partial charge in [-0.2, -0.15) is 4.98 Å². The Morgan fingerprint density at radius 3 is 2.39 bits per heavy atom. The van der Waals surface area contributed by atoms with Crippen LogP contribution in [-0.4, -0.2) is 43.3 Å². The Kier molecular flexibility index (Phi) is 5.93. The number of anilines is 3. The van der Waals surface area contributed by atoms with E-state index >= 15 is 0 Å². The highest BCUT2D eigenvalue weighted by Gasteiger charge is 2.22. The fraction of sp³-hybridized carbons (Fsp3) is 0.231. The lowest BCUT2D eigenvalue weighted by Crippen LogP contribution is -2.47. The van der Waals surface area contributed by atoms with Gasteiger partial charge in [0.25, 0.3) is 0 Å². The molecular weight excluding hydrogens is 417 g/mol. The van der Waals surface area contributed by atoms with E-state index in [0.29, 0.717) is 50.1 Å². The lowest BCUT2D eigenvalue weighted by Gasteiger charge is -2.36. The lowest BCUT2D eigenvalue weighted by molar-refractivity contribution is 0.413. The van der Waals surface area contributed by atoms with Crippen molar-refractivity contribution < 1.29 is 9.13 Å². The van der Waals surface area contributed by atoms with Gasteiger partial charge in [-0.15, -0.1) is 0 Å². The fourth-order valence-electron chi connectivity index (χ4n) is 4.13. The molecule has 2 heterocycles. The quantitative estimate of drug-likeness (QED) is 0.466. The molecule has 0 amide bonds. The number of nitrogens with one attached hydrogen (secondary N) is 1. The van der Waals surface area contributed by atoms with Crippen molar-refractivity contribution in [2.24, 2.45) is 0 Å². The van der Waals surface area contributed by atoms with Crippen molar-refractivity contribution in [3.8, 4) is 5.75 Å². The number of methoxy groups -OCH3 is 1. The summed E-state index contributed by atoms with van der Waals surface area (Å²) < 4.78 is 19.7. The molecule has 168 valence electrons. The van der Waals surface area contributed by atoms with Gasteiger partial charge < -0.3 is 19.9 Å². The molecule has 1 saturated heterocycles. The molecule has 1 N–H and O–H groups in total. The highest BCUT2D eigenvalue weighted by molar-refractivity contribution is 5.90. The molecule has 0 bridgehead atoms. The van der Waals surface area contributed by atoms with Crippen LogP contribution in [0.15, 0.2) is 72.8 Å². The average molecular weight is 444 g/mol. The van der Waals surface area contributed by atoms with Crippen LogP contribution in [0.2, 0.25) is 0 Å². The highest BCUT2D eigenvalue weighted by atomic mass is 19.1. The zero-order valence-corrected chi connectivity index (χ0v) is 18.5. The third kappa shape index (κ3) is 4.53. The second-order valence-electron chi connectivity index (χ2n) is 8.02. The number of piperazine rings is 1. The number of hydrogen-bond acceptors (Lipinski definition) is 6. The van der Waals surface area contributed by atoms with Gasteiger partial charge in [0.15, 0.2) is 0 Å². The Hall–Kier alpha value is -3.87. The molecule has 7 heteroatoms. The maximum atomic E-state index is 14.4. The fourth-order valence-corrected chi connectivity index (χ4v) is 4.13.